The fourth-order valence-electron chi connectivity index (χ4n) is 3.52. The molecule has 0 bridgehead atoms. The predicted octanol–water partition coefficient (Wildman–Crippen LogP) is 3.70. The van der Waals surface area contributed by atoms with Gasteiger partial charge in [-0.05, 0) is 29.2 Å². The van der Waals surface area contributed by atoms with Crippen LogP contribution in [0.5, 0.6) is 0 Å². The minimum Gasteiger partial charge on any atom is -0.481 e. The fraction of sp³-hybridized carbons (Fsp3) is 0.389. The first kappa shape index (κ1) is 14.1. The van der Waals surface area contributed by atoms with Gasteiger partial charge < -0.3 is 10.2 Å². The molecule has 110 valence electrons. The summed E-state index contributed by atoms with van der Waals surface area (Å²) in [5.41, 5.74) is -0.419. The third-order valence-electron chi connectivity index (χ3n) is 4.61. The summed E-state index contributed by atoms with van der Waals surface area (Å²) in [6.45, 7) is 0. The molecule has 21 heavy (non-hydrogen) atoms. The molecule has 0 amide bonds. The maximum Gasteiger partial charge on any atom is 0.313 e. The smallest absolute Gasteiger partial charge is 0.313 e. The van der Waals surface area contributed by atoms with Gasteiger partial charge in [-0.1, -0.05) is 61.7 Å². The Kier molecular flexibility index (Phi) is 3.68. The van der Waals surface area contributed by atoms with Crippen LogP contribution in [-0.4, -0.2) is 21.8 Å². The summed E-state index contributed by atoms with van der Waals surface area (Å²) in [6, 6.07) is 13.6. The van der Waals surface area contributed by atoms with Crippen molar-refractivity contribution in [3.8, 4) is 0 Å². The summed E-state index contributed by atoms with van der Waals surface area (Å²) in [5, 5.41) is 22.6. The molecule has 2 N–H and O–H groups in total. The molecule has 1 saturated carbocycles. The van der Waals surface area contributed by atoms with E-state index in [0.717, 1.165) is 30.0 Å². The quantitative estimate of drug-likeness (QED) is 0.903. The number of aliphatic carboxylic acids is 1. The van der Waals surface area contributed by atoms with Gasteiger partial charge in [-0.2, -0.15) is 0 Å². The molecule has 1 fully saturated rings. The maximum absolute atomic E-state index is 11.8. The molecule has 0 aromatic heterocycles. The number of rotatable bonds is 3. The normalized spacial score (nSPS) is 19.3. The summed E-state index contributed by atoms with van der Waals surface area (Å²) in [5.74, 6) is -1.78. The van der Waals surface area contributed by atoms with E-state index in [1.54, 1.807) is 0 Å². The van der Waals surface area contributed by atoms with E-state index >= 15 is 0 Å². The van der Waals surface area contributed by atoms with Gasteiger partial charge in [0.25, 0.3) is 0 Å². The largest absolute Gasteiger partial charge is 0.481 e. The summed E-state index contributed by atoms with van der Waals surface area (Å²) in [6.07, 6.45) is 4.00. The lowest BCUT2D eigenvalue weighted by molar-refractivity contribution is -0.147. The highest BCUT2D eigenvalue weighted by Gasteiger charge is 2.43. The third-order valence-corrected chi connectivity index (χ3v) is 4.61. The van der Waals surface area contributed by atoms with Crippen LogP contribution in [-0.2, 0) is 4.79 Å². The summed E-state index contributed by atoms with van der Waals surface area (Å²) in [7, 11) is 0. The molecule has 3 rings (SSSR count). The van der Waals surface area contributed by atoms with Gasteiger partial charge in [0.05, 0.1) is 5.60 Å². The number of carboxylic acid groups (broad SMARTS) is 1. The molecule has 3 nitrogen and oxygen atoms in total. The second-order valence-electron chi connectivity index (χ2n) is 6.04. The summed E-state index contributed by atoms with van der Waals surface area (Å²) in [4.78, 5) is 11.8. The highest BCUT2D eigenvalue weighted by molar-refractivity contribution is 5.86. The number of carbonyl (C=O) groups is 1. The summed E-state index contributed by atoms with van der Waals surface area (Å²) >= 11 is 0. The summed E-state index contributed by atoms with van der Waals surface area (Å²) < 4.78 is 0. The van der Waals surface area contributed by atoms with Crippen molar-refractivity contribution >= 4 is 16.7 Å². The molecular weight excluding hydrogens is 264 g/mol. The number of hydrogen-bond acceptors (Lipinski definition) is 2. The van der Waals surface area contributed by atoms with Gasteiger partial charge in [0.15, 0.2) is 0 Å². The first-order chi connectivity index (χ1) is 10.1. The highest BCUT2D eigenvalue weighted by Crippen LogP contribution is 2.40. The van der Waals surface area contributed by atoms with E-state index in [2.05, 4.69) is 0 Å². The van der Waals surface area contributed by atoms with Crippen molar-refractivity contribution in [3.05, 3.63) is 48.0 Å². The molecule has 0 aliphatic heterocycles. The van der Waals surface area contributed by atoms with E-state index in [1.165, 1.54) is 0 Å². The fourth-order valence-corrected chi connectivity index (χ4v) is 3.52. The SMILES string of the molecule is O=C(O)[C@H](c1ccc2ccccc2c1)C1(O)CCCCC1. The Labute approximate surface area is 124 Å². The molecule has 0 saturated heterocycles. The number of aliphatic hydroxyl groups is 1. The first-order valence-electron chi connectivity index (χ1n) is 7.54. The maximum atomic E-state index is 11.8. The van der Waals surface area contributed by atoms with E-state index < -0.39 is 17.5 Å². The van der Waals surface area contributed by atoms with Crippen molar-refractivity contribution in [2.45, 2.75) is 43.6 Å². The average Bonchev–Trinajstić information content (AvgIpc) is 2.47. The third kappa shape index (κ3) is 2.66. The number of carboxylic acids is 1. The van der Waals surface area contributed by atoms with E-state index in [1.807, 2.05) is 42.5 Å². The Hall–Kier alpha value is -1.87. The van der Waals surface area contributed by atoms with Crippen molar-refractivity contribution in [2.75, 3.05) is 0 Å². The van der Waals surface area contributed by atoms with Gasteiger partial charge >= 0.3 is 5.97 Å². The molecule has 0 spiro atoms. The minimum atomic E-state index is -1.12. The van der Waals surface area contributed by atoms with Crippen LogP contribution in [0, 0.1) is 0 Å². The van der Waals surface area contributed by atoms with Crippen molar-refractivity contribution in [1.29, 1.82) is 0 Å². The van der Waals surface area contributed by atoms with E-state index in [4.69, 9.17) is 0 Å². The van der Waals surface area contributed by atoms with Gasteiger partial charge in [-0.15, -0.1) is 0 Å². The molecule has 1 aliphatic carbocycles. The number of fused-ring (bicyclic) bond motifs is 1. The lowest BCUT2D eigenvalue weighted by Crippen LogP contribution is -2.42. The van der Waals surface area contributed by atoms with Crippen LogP contribution in [0.25, 0.3) is 10.8 Å². The molecule has 1 aliphatic rings. The monoisotopic (exact) mass is 284 g/mol. The van der Waals surface area contributed by atoms with Crippen molar-refractivity contribution < 1.29 is 15.0 Å². The van der Waals surface area contributed by atoms with Crippen molar-refractivity contribution in [1.82, 2.24) is 0 Å². The van der Waals surface area contributed by atoms with Crippen molar-refractivity contribution in [2.24, 2.45) is 0 Å². The highest BCUT2D eigenvalue weighted by atomic mass is 16.4. The molecule has 0 radical (unpaired) electrons. The van der Waals surface area contributed by atoms with Gasteiger partial charge in [0.2, 0.25) is 0 Å². The zero-order valence-electron chi connectivity index (χ0n) is 12.0. The second-order valence-corrected chi connectivity index (χ2v) is 6.04. The average molecular weight is 284 g/mol. The van der Waals surface area contributed by atoms with Crippen LogP contribution in [0.15, 0.2) is 42.5 Å². The van der Waals surface area contributed by atoms with Gasteiger partial charge in [-0.25, -0.2) is 0 Å². The Bertz CT molecular complexity index is 656. The molecule has 2 aromatic carbocycles. The van der Waals surface area contributed by atoms with Gasteiger partial charge in [0.1, 0.15) is 5.92 Å². The molecule has 0 heterocycles. The van der Waals surface area contributed by atoms with E-state index in [9.17, 15) is 15.0 Å². The van der Waals surface area contributed by atoms with Crippen LogP contribution < -0.4 is 0 Å². The lowest BCUT2D eigenvalue weighted by Gasteiger charge is -2.37. The van der Waals surface area contributed by atoms with Gasteiger partial charge in [-0.3, -0.25) is 4.79 Å². The Morgan fingerprint density at radius 2 is 1.67 bits per heavy atom. The molecule has 2 aromatic rings. The van der Waals surface area contributed by atoms with Crippen LogP contribution in [0.4, 0.5) is 0 Å². The topological polar surface area (TPSA) is 57.5 Å². The molecule has 0 unspecified atom stereocenters. The Morgan fingerprint density at radius 1 is 1.00 bits per heavy atom. The molecule has 1 atom stereocenters. The van der Waals surface area contributed by atoms with Gasteiger partial charge in [0, 0.05) is 0 Å². The Balaban J connectivity index is 2.04. The number of benzene rings is 2. The van der Waals surface area contributed by atoms with Crippen LogP contribution in [0.2, 0.25) is 0 Å². The molecule has 3 heteroatoms. The zero-order chi connectivity index (χ0) is 14.9. The molecular formula is C18H20O3. The number of hydrogen-bond donors (Lipinski definition) is 2. The van der Waals surface area contributed by atoms with Crippen LogP contribution in [0.1, 0.15) is 43.6 Å². The second kappa shape index (κ2) is 5.49. The predicted molar refractivity (Wildman–Crippen MR) is 82.4 cm³/mol. The minimum absolute atomic E-state index is 0.566. The van der Waals surface area contributed by atoms with E-state index in [0.29, 0.717) is 18.4 Å². The van der Waals surface area contributed by atoms with Crippen LogP contribution >= 0.6 is 0 Å². The first-order valence-corrected chi connectivity index (χ1v) is 7.54. The Morgan fingerprint density at radius 3 is 2.33 bits per heavy atom. The van der Waals surface area contributed by atoms with Crippen molar-refractivity contribution in [3.63, 3.8) is 0 Å². The standard InChI is InChI=1S/C18H20O3/c19-17(20)16(18(21)10-4-1-5-11-18)15-9-8-13-6-2-3-7-14(13)12-15/h2-3,6-9,12,16,21H,1,4-5,10-11H2,(H,19,20)/t16-/m0/s1. The zero-order valence-corrected chi connectivity index (χ0v) is 12.0. The van der Waals surface area contributed by atoms with E-state index in [-0.39, 0.29) is 0 Å². The lowest BCUT2D eigenvalue weighted by atomic mass is 9.72. The van der Waals surface area contributed by atoms with Crippen LogP contribution in [0.3, 0.4) is 0 Å².